The second kappa shape index (κ2) is 2.83. The van der Waals surface area contributed by atoms with Crippen molar-refractivity contribution in [2.45, 2.75) is 39.5 Å². The summed E-state index contributed by atoms with van der Waals surface area (Å²) in [5.74, 6) is 0. The lowest BCUT2D eigenvalue weighted by molar-refractivity contribution is 0.231. The molecular formula is C12H18OS. The molecule has 0 radical (unpaired) electrons. The Bertz CT molecular complexity index is 364. The van der Waals surface area contributed by atoms with E-state index >= 15 is 0 Å². The number of hydrogen-bond donors (Lipinski definition) is 1. The highest BCUT2D eigenvalue weighted by Crippen LogP contribution is 2.65. The number of hydrogen-bond acceptors (Lipinski definition) is 2. The van der Waals surface area contributed by atoms with Crippen molar-refractivity contribution in [3.63, 3.8) is 0 Å². The van der Waals surface area contributed by atoms with E-state index in [1.165, 1.54) is 15.3 Å². The largest absolute Gasteiger partial charge is 0.395 e. The molecule has 0 spiro atoms. The number of rotatable bonds is 2. The van der Waals surface area contributed by atoms with Gasteiger partial charge in [-0.25, -0.2) is 0 Å². The van der Waals surface area contributed by atoms with E-state index in [-0.39, 0.29) is 17.4 Å². The van der Waals surface area contributed by atoms with Crippen LogP contribution in [0.2, 0.25) is 0 Å². The first kappa shape index (κ1) is 10.2. The summed E-state index contributed by atoms with van der Waals surface area (Å²) in [5, 5.41) is 9.58. The van der Waals surface area contributed by atoms with Gasteiger partial charge in [0.1, 0.15) is 0 Å². The van der Waals surface area contributed by atoms with E-state index in [1.54, 1.807) is 0 Å². The Morgan fingerprint density at radius 1 is 1.43 bits per heavy atom. The minimum absolute atomic E-state index is 0.0574. The zero-order chi connectivity index (χ0) is 10.6. The van der Waals surface area contributed by atoms with Crippen LogP contribution in [0.3, 0.4) is 0 Å². The van der Waals surface area contributed by atoms with Gasteiger partial charge in [0.25, 0.3) is 0 Å². The molecule has 1 aliphatic carbocycles. The molecule has 1 aliphatic rings. The topological polar surface area (TPSA) is 20.2 Å². The highest BCUT2D eigenvalue weighted by Gasteiger charge is 2.62. The van der Waals surface area contributed by atoms with Gasteiger partial charge >= 0.3 is 0 Å². The molecule has 1 aromatic heterocycles. The van der Waals surface area contributed by atoms with Crippen molar-refractivity contribution in [1.82, 2.24) is 0 Å². The van der Waals surface area contributed by atoms with Crippen molar-refractivity contribution >= 4 is 11.3 Å². The number of thiophene rings is 1. The van der Waals surface area contributed by atoms with Gasteiger partial charge in [-0.05, 0) is 37.3 Å². The van der Waals surface area contributed by atoms with Gasteiger partial charge in [-0.15, -0.1) is 11.3 Å². The Balaban J connectivity index is 2.45. The van der Waals surface area contributed by atoms with E-state index in [0.29, 0.717) is 0 Å². The molecule has 0 amide bonds. The van der Waals surface area contributed by atoms with Gasteiger partial charge in [-0.1, -0.05) is 13.8 Å². The summed E-state index contributed by atoms with van der Waals surface area (Å²) in [6.07, 6.45) is 1.12. The summed E-state index contributed by atoms with van der Waals surface area (Å²) < 4.78 is 0. The third-order valence-electron chi connectivity index (χ3n) is 3.74. The molecule has 1 unspecified atom stereocenters. The Morgan fingerprint density at radius 2 is 2.00 bits per heavy atom. The van der Waals surface area contributed by atoms with Crippen LogP contribution >= 0.6 is 11.3 Å². The summed E-state index contributed by atoms with van der Waals surface area (Å²) >= 11 is 1.84. The lowest BCUT2D eigenvalue weighted by atomic mass is 9.89. The van der Waals surface area contributed by atoms with Crippen LogP contribution in [0.1, 0.15) is 35.6 Å². The minimum atomic E-state index is 0.0574. The first-order chi connectivity index (χ1) is 6.43. The molecule has 0 saturated heterocycles. The maximum absolute atomic E-state index is 9.58. The average molecular weight is 210 g/mol. The highest BCUT2D eigenvalue weighted by atomic mass is 32.1. The number of aliphatic hydroxyl groups excluding tert-OH is 1. The van der Waals surface area contributed by atoms with Crippen molar-refractivity contribution in [1.29, 1.82) is 0 Å². The van der Waals surface area contributed by atoms with Gasteiger partial charge in [0.05, 0.1) is 6.61 Å². The van der Waals surface area contributed by atoms with Crippen molar-refractivity contribution in [3.05, 3.63) is 21.4 Å². The molecule has 1 fully saturated rings. The van der Waals surface area contributed by atoms with Gasteiger partial charge in [-0.2, -0.15) is 0 Å². The lowest BCUT2D eigenvalue weighted by Crippen LogP contribution is -2.19. The molecule has 0 aliphatic heterocycles. The molecule has 78 valence electrons. The fourth-order valence-corrected chi connectivity index (χ4v) is 3.66. The Labute approximate surface area is 89.8 Å². The third-order valence-corrected chi connectivity index (χ3v) is 4.71. The van der Waals surface area contributed by atoms with E-state index in [9.17, 15) is 5.11 Å². The van der Waals surface area contributed by atoms with Crippen molar-refractivity contribution in [3.8, 4) is 0 Å². The second-order valence-corrected chi connectivity index (χ2v) is 6.59. The number of aliphatic hydroxyl groups is 1. The molecule has 0 aromatic carbocycles. The van der Waals surface area contributed by atoms with Crippen LogP contribution in [0, 0.1) is 19.3 Å². The van der Waals surface area contributed by atoms with E-state index in [2.05, 4.69) is 33.8 Å². The fourth-order valence-electron chi connectivity index (χ4n) is 2.63. The summed E-state index contributed by atoms with van der Waals surface area (Å²) in [6.45, 7) is 9.09. The molecular weight excluding hydrogens is 192 g/mol. The van der Waals surface area contributed by atoms with E-state index < -0.39 is 0 Å². The molecule has 1 saturated carbocycles. The first-order valence-electron chi connectivity index (χ1n) is 5.11. The van der Waals surface area contributed by atoms with Gasteiger partial charge in [-0.3, -0.25) is 0 Å². The molecule has 1 aromatic rings. The Hall–Kier alpha value is -0.340. The minimum Gasteiger partial charge on any atom is -0.395 e. The van der Waals surface area contributed by atoms with Crippen LogP contribution in [0.15, 0.2) is 6.07 Å². The quantitative estimate of drug-likeness (QED) is 0.795. The van der Waals surface area contributed by atoms with Crippen LogP contribution in [-0.2, 0) is 5.41 Å². The van der Waals surface area contributed by atoms with Crippen LogP contribution in [0.5, 0.6) is 0 Å². The predicted octanol–water partition coefficient (Wildman–Crippen LogP) is 3.02. The molecule has 14 heavy (non-hydrogen) atoms. The summed E-state index contributed by atoms with van der Waals surface area (Å²) in [6, 6.07) is 2.25. The lowest BCUT2D eigenvalue weighted by Gasteiger charge is -2.17. The molecule has 0 bridgehead atoms. The summed E-state index contributed by atoms with van der Waals surface area (Å²) in [5.41, 5.74) is 1.72. The van der Waals surface area contributed by atoms with Gasteiger partial charge < -0.3 is 5.11 Å². The summed E-state index contributed by atoms with van der Waals surface area (Å²) in [7, 11) is 0. The SMILES string of the molecule is Cc1cc(C2(CO)CC2(C)C)c(C)s1. The van der Waals surface area contributed by atoms with Gasteiger partial charge in [0.15, 0.2) is 0 Å². The molecule has 2 rings (SSSR count). The molecule has 1 N–H and O–H groups in total. The molecule has 1 atom stereocenters. The van der Waals surface area contributed by atoms with Crippen LogP contribution in [0.4, 0.5) is 0 Å². The summed E-state index contributed by atoms with van der Waals surface area (Å²) in [4.78, 5) is 2.73. The fraction of sp³-hybridized carbons (Fsp3) is 0.667. The average Bonchev–Trinajstić information content (AvgIpc) is 2.48. The Morgan fingerprint density at radius 3 is 2.29 bits per heavy atom. The zero-order valence-corrected chi connectivity index (χ0v) is 10.2. The van der Waals surface area contributed by atoms with Crippen molar-refractivity contribution < 1.29 is 5.11 Å². The zero-order valence-electron chi connectivity index (χ0n) is 9.35. The van der Waals surface area contributed by atoms with Crippen LogP contribution in [-0.4, -0.2) is 11.7 Å². The maximum Gasteiger partial charge on any atom is 0.0533 e. The van der Waals surface area contributed by atoms with Crippen molar-refractivity contribution in [2.75, 3.05) is 6.61 Å². The standard InChI is InChI=1S/C12H18OS/c1-8-5-10(9(2)14-8)12(7-13)6-11(12,3)4/h5,13H,6-7H2,1-4H3. The number of aryl methyl sites for hydroxylation is 2. The second-order valence-electron chi connectivity index (χ2n) is 5.13. The van der Waals surface area contributed by atoms with Gasteiger partial charge in [0, 0.05) is 15.2 Å². The molecule has 2 heteroatoms. The van der Waals surface area contributed by atoms with Crippen LogP contribution < -0.4 is 0 Å². The molecule has 1 nitrogen and oxygen atoms in total. The normalized spacial score (nSPS) is 29.2. The van der Waals surface area contributed by atoms with Crippen LogP contribution in [0.25, 0.3) is 0 Å². The van der Waals surface area contributed by atoms with E-state index in [4.69, 9.17) is 0 Å². The monoisotopic (exact) mass is 210 g/mol. The van der Waals surface area contributed by atoms with E-state index in [1.807, 2.05) is 11.3 Å². The van der Waals surface area contributed by atoms with Crippen molar-refractivity contribution in [2.24, 2.45) is 5.41 Å². The smallest absolute Gasteiger partial charge is 0.0533 e. The van der Waals surface area contributed by atoms with E-state index in [0.717, 1.165) is 6.42 Å². The predicted molar refractivity (Wildman–Crippen MR) is 61.0 cm³/mol. The molecule has 1 heterocycles. The third kappa shape index (κ3) is 1.17. The highest BCUT2D eigenvalue weighted by molar-refractivity contribution is 7.12. The maximum atomic E-state index is 9.58. The first-order valence-corrected chi connectivity index (χ1v) is 5.93. The Kier molecular flexibility index (Phi) is 2.06. The van der Waals surface area contributed by atoms with Gasteiger partial charge in [0.2, 0.25) is 0 Å².